The van der Waals surface area contributed by atoms with Crippen LogP contribution in [0.2, 0.25) is 0 Å². The molecule has 0 spiro atoms. The molecule has 45 heavy (non-hydrogen) atoms. The first kappa shape index (κ1) is 24.5. The summed E-state index contributed by atoms with van der Waals surface area (Å²) in [5.41, 5.74) is 14.3. The summed E-state index contributed by atoms with van der Waals surface area (Å²) >= 11 is 0. The van der Waals surface area contributed by atoms with Crippen LogP contribution in [-0.4, -0.2) is 0 Å². The molecule has 1 aromatic heterocycles. The van der Waals surface area contributed by atoms with E-state index in [9.17, 15) is 0 Å². The van der Waals surface area contributed by atoms with Gasteiger partial charge < -0.3 is 4.42 Å². The van der Waals surface area contributed by atoms with Gasteiger partial charge in [-0.15, -0.1) is 0 Å². The molecule has 0 bridgehead atoms. The van der Waals surface area contributed by atoms with E-state index in [4.69, 9.17) is 4.42 Å². The van der Waals surface area contributed by atoms with E-state index in [1.54, 1.807) is 0 Å². The van der Waals surface area contributed by atoms with E-state index >= 15 is 0 Å². The fraction of sp³-hybridized carbons (Fsp3) is 0. The Morgan fingerprint density at radius 1 is 0.311 bits per heavy atom. The van der Waals surface area contributed by atoms with Gasteiger partial charge in [0.1, 0.15) is 11.2 Å². The first-order chi connectivity index (χ1) is 22.3. The van der Waals surface area contributed by atoms with Gasteiger partial charge in [-0.25, -0.2) is 0 Å². The lowest BCUT2D eigenvalue weighted by Gasteiger charge is -2.19. The second-order valence-electron chi connectivity index (χ2n) is 12.0. The number of fused-ring (bicyclic) bond motifs is 10. The van der Waals surface area contributed by atoms with Crippen molar-refractivity contribution in [2.75, 3.05) is 0 Å². The summed E-state index contributed by atoms with van der Waals surface area (Å²) in [4.78, 5) is 0. The van der Waals surface area contributed by atoms with Crippen molar-refractivity contribution in [1.29, 1.82) is 0 Å². The molecule has 1 aliphatic carbocycles. The topological polar surface area (TPSA) is 13.1 Å². The molecule has 1 nitrogen and oxygen atoms in total. The SMILES string of the molecule is c1cc(-c2c3ccccc3c3c4c(cccc24)-c2ccccc2-c2ccccc2-3)cc(-c2cccc3c2oc2ccccc23)c1. The highest BCUT2D eigenvalue weighted by Gasteiger charge is 2.25. The normalized spacial score (nSPS) is 12.0. The second kappa shape index (κ2) is 9.29. The maximum Gasteiger partial charge on any atom is 0.143 e. The highest BCUT2D eigenvalue weighted by atomic mass is 16.3. The fourth-order valence-electron chi connectivity index (χ4n) is 7.75. The van der Waals surface area contributed by atoms with E-state index in [1.807, 2.05) is 6.07 Å². The number of rotatable bonds is 2. The fourth-order valence-corrected chi connectivity index (χ4v) is 7.75. The average molecular weight is 571 g/mol. The summed E-state index contributed by atoms with van der Waals surface area (Å²) in [6.07, 6.45) is 0. The minimum absolute atomic E-state index is 0.919. The van der Waals surface area contributed by atoms with E-state index in [2.05, 4.69) is 152 Å². The van der Waals surface area contributed by atoms with Gasteiger partial charge in [0.2, 0.25) is 0 Å². The zero-order chi connectivity index (χ0) is 29.5. The number of hydrogen-bond acceptors (Lipinski definition) is 1. The molecular weight excluding hydrogens is 544 g/mol. The van der Waals surface area contributed by atoms with Crippen molar-refractivity contribution in [2.45, 2.75) is 0 Å². The van der Waals surface area contributed by atoms with Gasteiger partial charge in [0, 0.05) is 16.3 Å². The zero-order valence-corrected chi connectivity index (χ0v) is 24.4. The van der Waals surface area contributed by atoms with E-state index in [0.717, 1.165) is 33.1 Å². The number of furan rings is 1. The monoisotopic (exact) mass is 570 g/mol. The predicted molar refractivity (Wildman–Crippen MR) is 189 cm³/mol. The summed E-state index contributed by atoms with van der Waals surface area (Å²) in [6.45, 7) is 0. The van der Waals surface area contributed by atoms with Crippen LogP contribution in [0.5, 0.6) is 0 Å². The summed E-state index contributed by atoms with van der Waals surface area (Å²) < 4.78 is 6.46. The highest BCUT2D eigenvalue weighted by molar-refractivity contribution is 6.27. The molecule has 0 unspecified atom stereocenters. The molecule has 208 valence electrons. The third-order valence-electron chi connectivity index (χ3n) is 9.62. The molecule has 0 saturated heterocycles. The maximum atomic E-state index is 6.46. The number of para-hydroxylation sites is 2. The highest BCUT2D eigenvalue weighted by Crippen LogP contribution is 2.52. The Labute approximate surface area is 260 Å². The van der Waals surface area contributed by atoms with Gasteiger partial charge in [-0.3, -0.25) is 0 Å². The van der Waals surface area contributed by atoms with Crippen LogP contribution >= 0.6 is 0 Å². The van der Waals surface area contributed by atoms with Gasteiger partial charge in [0.25, 0.3) is 0 Å². The van der Waals surface area contributed by atoms with Crippen LogP contribution in [-0.2, 0) is 0 Å². The van der Waals surface area contributed by atoms with Crippen LogP contribution < -0.4 is 0 Å². The van der Waals surface area contributed by atoms with Gasteiger partial charge in [0.05, 0.1) is 0 Å². The molecule has 0 N–H and O–H groups in total. The smallest absolute Gasteiger partial charge is 0.143 e. The van der Waals surface area contributed by atoms with Crippen LogP contribution in [0.1, 0.15) is 0 Å². The quantitative estimate of drug-likeness (QED) is 0.188. The first-order valence-corrected chi connectivity index (χ1v) is 15.5. The minimum atomic E-state index is 0.919. The van der Waals surface area contributed by atoms with Gasteiger partial charge in [-0.1, -0.05) is 146 Å². The van der Waals surface area contributed by atoms with Crippen molar-refractivity contribution in [1.82, 2.24) is 0 Å². The molecule has 9 aromatic rings. The Bertz CT molecular complexity index is 2650. The van der Waals surface area contributed by atoms with Crippen LogP contribution in [0.3, 0.4) is 0 Å². The van der Waals surface area contributed by atoms with Crippen molar-refractivity contribution >= 4 is 43.5 Å². The summed E-state index contributed by atoms with van der Waals surface area (Å²) in [5.74, 6) is 0. The van der Waals surface area contributed by atoms with Crippen molar-refractivity contribution in [3.05, 3.63) is 158 Å². The molecular formula is C44H26O. The van der Waals surface area contributed by atoms with Gasteiger partial charge in [0.15, 0.2) is 0 Å². The van der Waals surface area contributed by atoms with Crippen LogP contribution in [0.4, 0.5) is 0 Å². The molecule has 1 heteroatoms. The van der Waals surface area contributed by atoms with Crippen LogP contribution in [0.25, 0.3) is 99.1 Å². The molecule has 10 rings (SSSR count). The molecule has 0 amide bonds. The van der Waals surface area contributed by atoms with Gasteiger partial charge in [-0.05, 0) is 83.7 Å². The molecule has 0 aliphatic heterocycles. The summed E-state index contributed by atoms with van der Waals surface area (Å²) in [6, 6.07) is 57.3. The molecule has 0 fully saturated rings. The summed E-state index contributed by atoms with van der Waals surface area (Å²) in [7, 11) is 0. The maximum absolute atomic E-state index is 6.46. The largest absolute Gasteiger partial charge is 0.455 e. The van der Waals surface area contributed by atoms with Gasteiger partial charge in [-0.2, -0.15) is 0 Å². The third kappa shape index (κ3) is 3.44. The number of benzene rings is 8. The van der Waals surface area contributed by atoms with E-state index in [0.29, 0.717) is 0 Å². The minimum Gasteiger partial charge on any atom is -0.455 e. The van der Waals surface area contributed by atoms with E-state index < -0.39 is 0 Å². The second-order valence-corrected chi connectivity index (χ2v) is 12.0. The van der Waals surface area contributed by atoms with Crippen molar-refractivity contribution in [3.63, 3.8) is 0 Å². The first-order valence-electron chi connectivity index (χ1n) is 15.5. The predicted octanol–water partition coefficient (Wildman–Crippen LogP) is 12.5. The lowest BCUT2D eigenvalue weighted by atomic mass is 9.83. The van der Waals surface area contributed by atoms with Crippen molar-refractivity contribution < 1.29 is 4.42 Å². The van der Waals surface area contributed by atoms with Crippen LogP contribution in [0.15, 0.2) is 162 Å². The Kier molecular flexibility index (Phi) is 5.06. The van der Waals surface area contributed by atoms with Crippen molar-refractivity contribution in [3.8, 4) is 55.6 Å². The lowest BCUT2D eigenvalue weighted by molar-refractivity contribution is 0.670. The Balaban J connectivity index is 1.31. The average Bonchev–Trinajstić information content (AvgIpc) is 3.43. The number of hydrogen-bond donors (Lipinski definition) is 0. The van der Waals surface area contributed by atoms with E-state index in [1.165, 1.54) is 66.1 Å². The zero-order valence-electron chi connectivity index (χ0n) is 24.4. The molecule has 8 aromatic carbocycles. The Morgan fingerprint density at radius 2 is 0.822 bits per heavy atom. The van der Waals surface area contributed by atoms with Crippen LogP contribution in [0, 0.1) is 0 Å². The third-order valence-corrected chi connectivity index (χ3v) is 9.62. The molecule has 0 radical (unpaired) electrons. The summed E-state index contributed by atoms with van der Waals surface area (Å²) in [5, 5.41) is 7.42. The Hall–Kier alpha value is -5.92. The van der Waals surface area contributed by atoms with Gasteiger partial charge >= 0.3 is 0 Å². The van der Waals surface area contributed by atoms with E-state index in [-0.39, 0.29) is 0 Å². The standard InChI is InChI=1S/C44H26O/c1-2-15-32-30(14-1)31-16-3-4-18-34(31)42-37-20-6-5-19-36(37)41(39-24-11-22-35(32)43(39)42)28-13-9-12-27(26-28)29-21-10-23-38-33-17-7-8-25-40(33)45-44(29)38/h1-26H. The molecule has 1 heterocycles. The Morgan fingerprint density at radius 3 is 1.62 bits per heavy atom. The molecule has 0 atom stereocenters. The van der Waals surface area contributed by atoms with Crippen molar-refractivity contribution in [2.24, 2.45) is 0 Å². The molecule has 0 saturated carbocycles. The lowest BCUT2D eigenvalue weighted by Crippen LogP contribution is -1.92. The molecule has 1 aliphatic rings.